The maximum absolute atomic E-state index is 12.6. The van der Waals surface area contributed by atoms with Gasteiger partial charge in [0.25, 0.3) is 5.91 Å². The first-order valence-corrected chi connectivity index (χ1v) is 13.7. The Balaban J connectivity index is 1.76. The molecular weight excluding hydrogens is 490 g/mol. The minimum atomic E-state index is -0.480. The summed E-state index contributed by atoms with van der Waals surface area (Å²) < 4.78 is 12.1. The van der Waals surface area contributed by atoms with Crippen LogP contribution in [0, 0.1) is 0 Å². The van der Waals surface area contributed by atoms with Crippen molar-refractivity contribution in [2.24, 2.45) is 4.99 Å². The van der Waals surface area contributed by atoms with Crippen LogP contribution in [0.3, 0.4) is 0 Å². The number of ether oxygens (including phenoxy) is 2. The van der Waals surface area contributed by atoms with Gasteiger partial charge in [-0.3, -0.25) is 14.4 Å². The molecule has 1 saturated heterocycles. The molecule has 1 aromatic heterocycles. The van der Waals surface area contributed by atoms with Crippen molar-refractivity contribution in [2.75, 3.05) is 31.8 Å². The number of esters is 2. The van der Waals surface area contributed by atoms with E-state index in [1.165, 1.54) is 30.2 Å². The maximum Gasteiger partial charge on any atom is 0.337 e. The average Bonchev–Trinajstić information content (AvgIpc) is 3.19. The first-order chi connectivity index (χ1) is 16.9. The quantitative estimate of drug-likeness (QED) is 0.467. The van der Waals surface area contributed by atoms with Crippen molar-refractivity contribution < 1.29 is 28.7 Å². The van der Waals surface area contributed by atoms with Crippen LogP contribution in [0.1, 0.15) is 49.9 Å². The predicted octanol–water partition coefficient (Wildman–Crippen LogP) is 3.00. The summed E-state index contributed by atoms with van der Waals surface area (Å²) in [5.74, 6) is -0.987. The molecule has 1 aromatic carbocycles. The zero-order valence-electron chi connectivity index (χ0n) is 20.3. The lowest BCUT2D eigenvalue weighted by atomic mass is 10.0. The number of rotatable bonds is 9. The lowest BCUT2D eigenvalue weighted by Crippen LogP contribution is -2.44. The topological polar surface area (TPSA) is 107 Å². The number of nitrogens with zero attached hydrogens (tertiary/aromatic N) is 3. The summed E-state index contributed by atoms with van der Waals surface area (Å²) in [6, 6.07) is 5.22. The molecular formula is C24H31N3O6S2. The van der Waals surface area contributed by atoms with Crippen LogP contribution in [0.25, 0.3) is 10.2 Å². The normalized spacial score (nSPS) is 16.4. The number of thiazole rings is 1. The maximum atomic E-state index is 12.6. The fourth-order valence-electron chi connectivity index (χ4n) is 4.09. The van der Waals surface area contributed by atoms with E-state index in [1.54, 1.807) is 29.7 Å². The Hall–Kier alpha value is -2.66. The number of carbonyl (C=O) groups is 4. The molecule has 11 heteroatoms. The summed E-state index contributed by atoms with van der Waals surface area (Å²) in [4.78, 5) is 55.9. The lowest BCUT2D eigenvalue weighted by Gasteiger charge is -2.35. The van der Waals surface area contributed by atoms with Gasteiger partial charge in [0.2, 0.25) is 5.91 Å². The number of fused-ring (bicyclic) bond motifs is 1. The summed E-state index contributed by atoms with van der Waals surface area (Å²) in [5.41, 5.74) is 1.01. The summed E-state index contributed by atoms with van der Waals surface area (Å²) in [6.45, 7) is 4.71. The summed E-state index contributed by atoms with van der Waals surface area (Å²) >= 11 is 2.44. The molecule has 0 saturated carbocycles. The predicted molar refractivity (Wildman–Crippen MR) is 135 cm³/mol. The highest BCUT2D eigenvalue weighted by molar-refractivity contribution is 8.00. The van der Waals surface area contributed by atoms with E-state index in [0.29, 0.717) is 20.6 Å². The van der Waals surface area contributed by atoms with Crippen molar-refractivity contribution in [1.82, 2.24) is 9.47 Å². The third kappa shape index (κ3) is 6.94. The standard InChI is InChI=1S/C24H31N3O6S2/c1-4-17-8-6-7-11-26(17)21(29)15-34-14-20(28)25-24-27(13-22(30)33-5-2)18-10-9-16(23(31)32-3)12-19(18)35-24/h9-10,12,17H,4-8,11,13-15H2,1-3H3. The van der Waals surface area contributed by atoms with Gasteiger partial charge in [0.15, 0.2) is 4.80 Å². The Bertz CT molecular complexity index is 1160. The zero-order chi connectivity index (χ0) is 25.4. The van der Waals surface area contributed by atoms with Gasteiger partial charge < -0.3 is 18.9 Å². The number of amides is 2. The highest BCUT2D eigenvalue weighted by atomic mass is 32.2. The molecule has 0 radical (unpaired) electrons. The van der Waals surface area contributed by atoms with Crippen LogP contribution < -0.4 is 4.80 Å². The van der Waals surface area contributed by atoms with Crippen molar-refractivity contribution in [1.29, 1.82) is 0 Å². The second-order valence-electron chi connectivity index (χ2n) is 8.09. The number of aromatic nitrogens is 1. The van der Waals surface area contributed by atoms with Gasteiger partial charge in [0, 0.05) is 12.6 Å². The van der Waals surface area contributed by atoms with Crippen molar-refractivity contribution in [3.63, 3.8) is 0 Å². The number of piperidine rings is 1. The molecule has 2 aromatic rings. The SMILES string of the molecule is CCOC(=O)Cn1c(=NC(=O)CSCC(=O)N2CCCCC2CC)sc2cc(C(=O)OC)ccc21. The molecule has 1 atom stereocenters. The van der Waals surface area contributed by atoms with E-state index in [0.717, 1.165) is 32.2 Å². The second-order valence-corrected chi connectivity index (χ2v) is 10.1. The van der Waals surface area contributed by atoms with E-state index in [1.807, 2.05) is 4.90 Å². The van der Waals surface area contributed by atoms with E-state index in [-0.39, 0.29) is 36.6 Å². The molecule has 0 spiro atoms. The molecule has 0 aliphatic carbocycles. The van der Waals surface area contributed by atoms with Gasteiger partial charge in [-0.2, -0.15) is 4.99 Å². The Morgan fingerprint density at radius 2 is 1.97 bits per heavy atom. The molecule has 1 fully saturated rings. The molecule has 190 valence electrons. The van der Waals surface area contributed by atoms with Crippen LogP contribution in [-0.4, -0.2) is 71.0 Å². The Morgan fingerprint density at radius 1 is 1.17 bits per heavy atom. The third-order valence-corrected chi connectivity index (χ3v) is 7.73. The van der Waals surface area contributed by atoms with Crippen LogP contribution in [0.5, 0.6) is 0 Å². The molecule has 0 N–H and O–H groups in total. The lowest BCUT2D eigenvalue weighted by molar-refractivity contribution is -0.143. The first kappa shape index (κ1) is 26.9. The summed E-state index contributed by atoms with van der Waals surface area (Å²) in [5, 5.41) is 0. The number of methoxy groups -OCH3 is 1. The monoisotopic (exact) mass is 521 g/mol. The van der Waals surface area contributed by atoms with Crippen LogP contribution in [0.4, 0.5) is 0 Å². The van der Waals surface area contributed by atoms with Gasteiger partial charge in [-0.1, -0.05) is 18.3 Å². The minimum Gasteiger partial charge on any atom is -0.465 e. The summed E-state index contributed by atoms with van der Waals surface area (Å²) in [7, 11) is 1.30. The average molecular weight is 522 g/mol. The van der Waals surface area contributed by atoms with E-state index in [2.05, 4.69) is 11.9 Å². The van der Waals surface area contributed by atoms with Crippen molar-refractivity contribution >= 4 is 57.1 Å². The molecule has 2 amide bonds. The van der Waals surface area contributed by atoms with E-state index < -0.39 is 17.8 Å². The van der Waals surface area contributed by atoms with E-state index in [4.69, 9.17) is 9.47 Å². The van der Waals surface area contributed by atoms with Gasteiger partial charge in [0.05, 0.1) is 41.0 Å². The highest BCUT2D eigenvalue weighted by Gasteiger charge is 2.25. The zero-order valence-corrected chi connectivity index (χ0v) is 21.9. The molecule has 0 bridgehead atoms. The number of hydrogen-bond donors (Lipinski definition) is 0. The van der Waals surface area contributed by atoms with Crippen LogP contribution in [-0.2, 0) is 30.4 Å². The van der Waals surface area contributed by atoms with Gasteiger partial charge >= 0.3 is 11.9 Å². The highest BCUT2D eigenvalue weighted by Crippen LogP contribution is 2.22. The van der Waals surface area contributed by atoms with Gasteiger partial charge in [-0.25, -0.2) is 4.79 Å². The number of thioether (sulfide) groups is 1. The molecule has 1 aliphatic heterocycles. The largest absolute Gasteiger partial charge is 0.465 e. The van der Waals surface area contributed by atoms with E-state index in [9.17, 15) is 19.2 Å². The fourth-order valence-corrected chi connectivity index (χ4v) is 5.86. The van der Waals surface area contributed by atoms with Crippen LogP contribution in [0.15, 0.2) is 23.2 Å². The van der Waals surface area contributed by atoms with Crippen LogP contribution in [0.2, 0.25) is 0 Å². The van der Waals surface area contributed by atoms with Gasteiger partial charge in [-0.15, -0.1) is 11.8 Å². The minimum absolute atomic E-state index is 0.0530. The fraction of sp³-hybridized carbons (Fsp3) is 0.542. The first-order valence-electron chi connectivity index (χ1n) is 11.7. The summed E-state index contributed by atoms with van der Waals surface area (Å²) in [6.07, 6.45) is 4.14. The Morgan fingerprint density at radius 3 is 2.69 bits per heavy atom. The number of benzene rings is 1. The number of likely N-dealkylation sites (tertiary alicyclic amines) is 1. The Labute approximate surface area is 212 Å². The molecule has 1 aliphatic rings. The molecule has 2 heterocycles. The second kappa shape index (κ2) is 12.9. The smallest absolute Gasteiger partial charge is 0.337 e. The van der Waals surface area contributed by atoms with Gasteiger partial charge in [-0.05, 0) is 50.8 Å². The van der Waals surface area contributed by atoms with Crippen molar-refractivity contribution in [3.05, 3.63) is 28.6 Å². The molecule has 1 unspecified atom stereocenters. The molecule has 35 heavy (non-hydrogen) atoms. The van der Waals surface area contributed by atoms with Crippen molar-refractivity contribution in [3.8, 4) is 0 Å². The van der Waals surface area contributed by atoms with E-state index >= 15 is 0 Å². The number of carbonyl (C=O) groups excluding carboxylic acids is 4. The Kier molecular flexibility index (Phi) is 9.91. The number of hydrogen-bond acceptors (Lipinski definition) is 8. The molecule has 3 rings (SSSR count). The van der Waals surface area contributed by atoms with Crippen LogP contribution >= 0.6 is 23.1 Å². The molecule has 9 nitrogen and oxygen atoms in total. The van der Waals surface area contributed by atoms with Gasteiger partial charge in [0.1, 0.15) is 6.54 Å². The third-order valence-electron chi connectivity index (χ3n) is 5.79. The van der Waals surface area contributed by atoms with Crippen molar-refractivity contribution in [2.45, 2.75) is 52.1 Å².